The minimum Gasteiger partial charge on any atom is -0.488 e. The lowest BCUT2D eigenvalue weighted by molar-refractivity contribution is 0.302. The lowest BCUT2D eigenvalue weighted by atomic mass is 10.1. The van der Waals surface area contributed by atoms with Crippen LogP contribution in [-0.2, 0) is 6.61 Å². The molecule has 0 radical (unpaired) electrons. The van der Waals surface area contributed by atoms with Crippen LogP contribution in [0.15, 0.2) is 36.4 Å². The van der Waals surface area contributed by atoms with E-state index in [1.807, 2.05) is 26.0 Å². The first-order valence-corrected chi connectivity index (χ1v) is 6.11. The zero-order valence-corrected chi connectivity index (χ0v) is 11.2. The van der Waals surface area contributed by atoms with Gasteiger partial charge in [0.15, 0.2) is 0 Å². The van der Waals surface area contributed by atoms with Crippen molar-refractivity contribution in [3.63, 3.8) is 0 Å². The Labute approximate surface area is 108 Å². The summed E-state index contributed by atoms with van der Waals surface area (Å²) in [5.74, 6) is 0.935. The summed E-state index contributed by atoms with van der Waals surface area (Å²) in [5, 5.41) is 0. The van der Waals surface area contributed by atoms with E-state index in [1.54, 1.807) is 0 Å². The molecule has 0 aromatic heterocycles. The van der Waals surface area contributed by atoms with Crippen LogP contribution in [0.4, 0.5) is 5.69 Å². The molecule has 2 aromatic carbocycles. The molecule has 0 saturated heterocycles. The highest BCUT2D eigenvalue weighted by atomic mass is 16.5. The third-order valence-electron chi connectivity index (χ3n) is 2.99. The SMILES string of the molecule is Cc1ccc(COc2c(C)cc(N)cc2C)cc1. The van der Waals surface area contributed by atoms with Gasteiger partial charge in [0.1, 0.15) is 12.4 Å². The van der Waals surface area contributed by atoms with Crippen molar-refractivity contribution in [3.05, 3.63) is 58.7 Å². The molecule has 0 bridgehead atoms. The maximum Gasteiger partial charge on any atom is 0.125 e. The fourth-order valence-corrected chi connectivity index (χ4v) is 2.05. The van der Waals surface area contributed by atoms with Gasteiger partial charge in [-0.2, -0.15) is 0 Å². The Balaban J connectivity index is 2.13. The second kappa shape index (κ2) is 5.13. The third kappa shape index (κ3) is 2.83. The summed E-state index contributed by atoms with van der Waals surface area (Å²) in [6, 6.07) is 12.3. The van der Waals surface area contributed by atoms with Crippen molar-refractivity contribution in [2.75, 3.05) is 5.73 Å². The molecule has 0 heterocycles. The van der Waals surface area contributed by atoms with Gasteiger partial charge in [0, 0.05) is 5.69 Å². The van der Waals surface area contributed by atoms with Crippen LogP contribution in [-0.4, -0.2) is 0 Å². The molecule has 0 saturated carbocycles. The molecule has 94 valence electrons. The van der Waals surface area contributed by atoms with E-state index < -0.39 is 0 Å². The zero-order valence-electron chi connectivity index (χ0n) is 11.2. The van der Waals surface area contributed by atoms with E-state index in [0.29, 0.717) is 6.61 Å². The van der Waals surface area contributed by atoms with Crippen LogP contribution in [0.1, 0.15) is 22.3 Å². The Bertz CT molecular complexity index is 521. The Morgan fingerprint density at radius 1 is 0.944 bits per heavy atom. The summed E-state index contributed by atoms with van der Waals surface area (Å²) < 4.78 is 5.89. The highest BCUT2D eigenvalue weighted by Crippen LogP contribution is 2.26. The van der Waals surface area contributed by atoms with E-state index in [4.69, 9.17) is 10.5 Å². The van der Waals surface area contributed by atoms with E-state index in [1.165, 1.54) is 11.1 Å². The number of hydrogen-bond donors (Lipinski definition) is 1. The van der Waals surface area contributed by atoms with Gasteiger partial charge in [-0.15, -0.1) is 0 Å². The van der Waals surface area contributed by atoms with Crippen molar-refractivity contribution in [2.24, 2.45) is 0 Å². The summed E-state index contributed by atoms with van der Waals surface area (Å²) >= 11 is 0. The molecule has 0 spiro atoms. The van der Waals surface area contributed by atoms with E-state index in [2.05, 4.69) is 31.2 Å². The quantitative estimate of drug-likeness (QED) is 0.830. The van der Waals surface area contributed by atoms with Crippen molar-refractivity contribution >= 4 is 5.69 Å². The highest BCUT2D eigenvalue weighted by Gasteiger charge is 2.05. The molecule has 2 aromatic rings. The minimum atomic E-state index is 0.589. The van der Waals surface area contributed by atoms with Gasteiger partial charge in [-0.3, -0.25) is 0 Å². The van der Waals surface area contributed by atoms with Crippen LogP contribution in [0.5, 0.6) is 5.75 Å². The normalized spacial score (nSPS) is 10.4. The Morgan fingerprint density at radius 3 is 2.06 bits per heavy atom. The van der Waals surface area contributed by atoms with Gasteiger partial charge in [-0.1, -0.05) is 29.8 Å². The molecule has 0 aliphatic rings. The van der Waals surface area contributed by atoms with Gasteiger partial charge >= 0.3 is 0 Å². The molecule has 0 fully saturated rings. The Morgan fingerprint density at radius 2 is 1.50 bits per heavy atom. The van der Waals surface area contributed by atoms with E-state index >= 15 is 0 Å². The maximum atomic E-state index is 5.89. The van der Waals surface area contributed by atoms with Gasteiger partial charge in [0.25, 0.3) is 0 Å². The number of aryl methyl sites for hydroxylation is 3. The maximum absolute atomic E-state index is 5.89. The van der Waals surface area contributed by atoms with Crippen LogP contribution in [0.2, 0.25) is 0 Å². The molecule has 0 amide bonds. The fourth-order valence-electron chi connectivity index (χ4n) is 2.05. The number of nitrogen functional groups attached to an aromatic ring is 1. The number of ether oxygens (including phenoxy) is 1. The van der Waals surface area contributed by atoms with Gasteiger partial charge in [0.05, 0.1) is 0 Å². The lowest BCUT2D eigenvalue weighted by Gasteiger charge is -2.13. The summed E-state index contributed by atoms with van der Waals surface area (Å²) in [4.78, 5) is 0. The fraction of sp³-hybridized carbons (Fsp3) is 0.250. The summed E-state index contributed by atoms with van der Waals surface area (Å²) in [7, 11) is 0. The average molecular weight is 241 g/mol. The predicted molar refractivity (Wildman–Crippen MR) is 75.8 cm³/mol. The van der Waals surface area contributed by atoms with Crippen molar-refractivity contribution in [1.29, 1.82) is 0 Å². The van der Waals surface area contributed by atoms with Gasteiger partial charge < -0.3 is 10.5 Å². The first-order valence-electron chi connectivity index (χ1n) is 6.11. The smallest absolute Gasteiger partial charge is 0.125 e. The standard InChI is InChI=1S/C16H19NO/c1-11-4-6-14(7-5-11)10-18-16-12(2)8-15(17)9-13(16)3/h4-9H,10,17H2,1-3H3. The molecule has 0 atom stereocenters. The molecule has 0 aliphatic heterocycles. The minimum absolute atomic E-state index is 0.589. The van der Waals surface area contributed by atoms with Crippen molar-refractivity contribution in [1.82, 2.24) is 0 Å². The van der Waals surface area contributed by atoms with E-state index in [9.17, 15) is 0 Å². The van der Waals surface area contributed by atoms with Gasteiger partial charge in [-0.25, -0.2) is 0 Å². The predicted octanol–water partition coefficient (Wildman–Crippen LogP) is 3.77. The summed E-state index contributed by atoms with van der Waals surface area (Å²) in [5.41, 5.74) is 11.2. The van der Waals surface area contributed by atoms with Crippen molar-refractivity contribution in [3.8, 4) is 5.75 Å². The molecule has 2 nitrogen and oxygen atoms in total. The van der Waals surface area contributed by atoms with E-state index in [-0.39, 0.29) is 0 Å². The average Bonchev–Trinajstić information content (AvgIpc) is 2.30. The summed E-state index contributed by atoms with van der Waals surface area (Å²) in [6.45, 7) is 6.71. The molecule has 0 unspecified atom stereocenters. The van der Waals surface area contributed by atoms with Gasteiger partial charge in [-0.05, 0) is 49.6 Å². The largest absolute Gasteiger partial charge is 0.488 e. The molecule has 18 heavy (non-hydrogen) atoms. The first kappa shape index (κ1) is 12.5. The molecule has 2 heteroatoms. The second-order valence-electron chi connectivity index (χ2n) is 4.76. The van der Waals surface area contributed by atoms with Crippen LogP contribution in [0, 0.1) is 20.8 Å². The molecule has 2 N–H and O–H groups in total. The van der Waals surface area contributed by atoms with Gasteiger partial charge in [0.2, 0.25) is 0 Å². The first-order chi connectivity index (χ1) is 8.56. The monoisotopic (exact) mass is 241 g/mol. The Kier molecular flexibility index (Phi) is 3.56. The second-order valence-corrected chi connectivity index (χ2v) is 4.76. The molecular weight excluding hydrogens is 222 g/mol. The van der Waals surface area contributed by atoms with Crippen LogP contribution in [0.3, 0.4) is 0 Å². The van der Waals surface area contributed by atoms with Crippen molar-refractivity contribution < 1.29 is 4.74 Å². The third-order valence-corrected chi connectivity index (χ3v) is 2.99. The van der Waals surface area contributed by atoms with Crippen LogP contribution in [0.25, 0.3) is 0 Å². The molecule has 2 rings (SSSR count). The topological polar surface area (TPSA) is 35.2 Å². The number of hydrogen-bond acceptors (Lipinski definition) is 2. The Hall–Kier alpha value is -1.96. The van der Waals surface area contributed by atoms with Crippen LogP contribution < -0.4 is 10.5 Å². The molecule has 0 aliphatic carbocycles. The zero-order chi connectivity index (χ0) is 13.1. The highest BCUT2D eigenvalue weighted by molar-refractivity contribution is 5.52. The molecular formula is C16H19NO. The summed E-state index contributed by atoms with van der Waals surface area (Å²) in [6.07, 6.45) is 0. The van der Waals surface area contributed by atoms with Crippen molar-refractivity contribution in [2.45, 2.75) is 27.4 Å². The number of nitrogens with two attached hydrogens (primary N) is 1. The van der Waals surface area contributed by atoms with E-state index in [0.717, 1.165) is 22.6 Å². The number of benzene rings is 2. The lowest BCUT2D eigenvalue weighted by Crippen LogP contribution is -2.00. The number of anilines is 1. The van der Waals surface area contributed by atoms with Crippen LogP contribution >= 0.6 is 0 Å². The number of rotatable bonds is 3.